The maximum atomic E-state index is 12.9. The van der Waals surface area contributed by atoms with Crippen molar-refractivity contribution in [3.05, 3.63) is 76.1 Å². The van der Waals surface area contributed by atoms with Gasteiger partial charge in [0.25, 0.3) is 11.5 Å². The molecule has 146 valence electrons. The number of carbonyl (C=O) groups is 1. The van der Waals surface area contributed by atoms with Crippen LogP contribution in [0.15, 0.2) is 53.6 Å². The second kappa shape index (κ2) is 7.16. The number of nitrogens with one attached hydrogen (secondary N) is 1. The Balaban J connectivity index is 1.46. The third-order valence-electron chi connectivity index (χ3n) is 5.46. The Kier molecular flexibility index (Phi) is 4.35. The van der Waals surface area contributed by atoms with Crippen LogP contribution in [0.5, 0.6) is 5.75 Å². The lowest BCUT2D eigenvalue weighted by atomic mass is 10.0. The summed E-state index contributed by atoms with van der Waals surface area (Å²) in [6, 6.07) is 10.4. The van der Waals surface area contributed by atoms with Crippen LogP contribution in [0.3, 0.4) is 0 Å². The first kappa shape index (κ1) is 17.6. The van der Waals surface area contributed by atoms with Crippen molar-refractivity contribution in [3.8, 4) is 17.0 Å². The fraction of sp³-hybridized carbons (Fsp3) is 0.273. The largest absolute Gasteiger partial charge is 0.493 e. The van der Waals surface area contributed by atoms with Crippen LogP contribution in [0, 0.1) is 0 Å². The summed E-state index contributed by atoms with van der Waals surface area (Å²) in [7, 11) is 0. The van der Waals surface area contributed by atoms with Crippen LogP contribution < -0.4 is 15.6 Å². The van der Waals surface area contributed by atoms with Crippen molar-refractivity contribution in [1.29, 1.82) is 0 Å². The van der Waals surface area contributed by atoms with Gasteiger partial charge >= 0.3 is 0 Å². The predicted molar refractivity (Wildman–Crippen MR) is 107 cm³/mol. The molecule has 3 aromatic rings. The molecule has 7 heteroatoms. The molecule has 4 heterocycles. The summed E-state index contributed by atoms with van der Waals surface area (Å²) in [6.45, 7) is 1.27. The van der Waals surface area contributed by atoms with Crippen molar-refractivity contribution >= 4 is 5.91 Å². The number of pyridine rings is 1. The topological polar surface area (TPSA) is 86.1 Å². The molecular formula is C22H20N4O3. The van der Waals surface area contributed by atoms with Crippen molar-refractivity contribution in [1.82, 2.24) is 19.9 Å². The molecule has 1 aromatic carbocycles. The Morgan fingerprint density at radius 1 is 1.17 bits per heavy atom. The number of rotatable bonds is 3. The van der Waals surface area contributed by atoms with E-state index in [1.807, 2.05) is 24.3 Å². The van der Waals surface area contributed by atoms with Gasteiger partial charge in [-0.2, -0.15) is 0 Å². The number of nitrogens with zero attached hydrogens (tertiary/aromatic N) is 3. The average Bonchev–Trinajstić information content (AvgIpc) is 3.23. The van der Waals surface area contributed by atoms with Crippen LogP contribution in [0.1, 0.15) is 40.6 Å². The number of amides is 1. The van der Waals surface area contributed by atoms with E-state index < -0.39 is 0 Å². The van der Waals surface area contributed by atoms with Crippen LogP contribution in [0.4, 0.5) is 0 Å². The molecule has 2 aliphatic rings. The summed E-state index contributed by atoms with van der Waals surface area (Å²) >= 11 is 0. The second-order valence-electron chi connectivity index (χ2n) is 7.31. The first-order chi connectivity index (χ1) is 14.2. The van der Waals surface area contributed by atoms with Gasteiger partial charge in [-0.15, -0.1) is 0 Å². The highest BCUT2D eigenvalue weighted by Crippen LogP contribution is 2.28. The van der Waals surface area contributed by atoms with Crippen LogP contribution in [0.25, 0.3) is 11.3 Å². The Morgan fingerprint density at radius 3 is 2.90 bits per heavy atom. The van der Waals surface area contributed by atoms with Crippen LogP contribution in [-0.2, 0) is 13.0 Å². The van der Waals surface area contributed by atoms with Crippen molar-refractivity contribution < 1.29 is 9.53 Å². The lowest BCUT2D eigenvalue weighted by molar-refractivity contribution is 0.0927. The minimum atomic E-state index is -0.310. The molecule has 0 saturated carbocycles. The Hall–Kier alpha value is -3.48. The number of hydrogen-bond acceptors (Lipinski definition) is 5. The summed E-state index contributed by atoms with van der Waals surface area (Å²) in [5, 5.41) is 3.07. The first-order valence-electron chi connectivity index (χ1n) is 9.78. The zero-order valence-electron chi connectivity index (χ0n) is 15.8. The molecule has 0 aliphatic carbocycles. The van der Waals surface area contributed by atoms with Gasteiger partial charge in [0.15, 0.2) is 0 Å². The number of benzene rings is 1. The van der Waals surface area contributed by atoms with E-state index in [4.69, 9.17) is 9.72 Å². The number of carbonyl (C=O) groups excluding carboxylic acids is 1. The molecule has 2 aliphatic heterocycles. The minimum Gasteiger partial charge on any atom is -0.493 e. The molecule has 0 spiro atoms. The molecule has 1 N–H and O–H groups in total. The molecule has 7 nitrogen and oxygen atoms in total. The van der Waals surface area contributed by atoms with Gasteiger partial charge in [-0.1, -0.05) is 0 Å². The Labute approximate surface area is 167 Å². The number of aromatic nitrogens is 3. The number of fused-ring (bicyclic) bond motifs is 2. The highest BCUT2D eigenvalue weighted by Gasteiger charge is 2.26. The van der Waals surface area contributed by atoms with E-state index in [0.29, 0.717) is 30.2 Å². The molecule has 2 aromatic heterocycles. The smallest absolute Gasteiger partial charge is 0.254 e. The normalized spacial score (nSPS) is 17.2. The fourth-order valence-electron chi connectivity index (χ4n) is 3.97. The quantitative estimate of drug-likeness (QED) is 0.745. The average molecular weight is 388 g/mol. The van der Waals surface area contributed by atoms with E-state index >= 15 is 0 Å². The van der Waals surface area contributed by atoms with E-state index in [1.54, 1.807) is 29.1 Å². The highest BCUT2D eigenvalue weighted by molar-refractivity contribution is 5.94. The third-order valence-corrected chi connectivity index (χ3v) is 5.46. The summed E-state index contributed by atoms with van der Waals surface area (Å²) in [4.78, 5) is 34.3. The molecule has 0 saturated heterocycles. The molecular weight excluding hydrogens is 368 g/mol. The number of hydrogen-bond donors (Lipinski definition) is 1. The molecule has 0 radical (unpaired) electrons. The molecule has 1 atom stereocenters. The van der Waals surface area contributed by atoms with E-state index in [0.717, 1.165) is 36.1 Å². The Bertz CT molecular complexity index is 1140. The monoisotopic (exact) mass is 388 g/mol. The zero-order chi connectivity index (χ0) is 19.8. The molecule has 0 bridgehead atoms. The highest BCUT2D eigenvalue weighted by atomic mass is 16.5. The van der Waals surface area contributed by atoms with Gasteiger partial charge in [0.1, 0.15) is 11.6 Å². The van der Waals surface area contributed by atoms with E-state index in [1.165, 1.54) is 0 Å². The fourth-order valence-corrected chi connectivity index (χ4v) is 3.97. The lowest BCUT2D eigenvalue weighted by Crippen LogP contribution is -2.38. The van der Waals surface area contributed by atoms with Gasteiger partial charge in [0, 0.05) is 42.6 Å². The maximum Gasteiger partial charge on any atom is 0.254 e. The van der Waals surface area contributed by atoms with Crippen LogP contribution >= 0.6 is 0 Å². The van der Waals surface area contributed by atoms with Gasteiger partial charge in [-0.05, 0) is 48.7 Å². The number of ether oxygens (including phenoxy) is 1. The first-order valence-corrected chi connectivity index (χ1v) is 9.78. The Morgan fingerprint density at radius 2 is 2.03 bits per heavy atom. The van der Waals surface area contributed by atoms with Gasteiger partial charge in [0.2, 0.25) is 0 Å². The third kappa shape index (κ3) is 3.29. The van der Waals surface area contributed by atoms with E-state index in [9.17, 15) is 9.59 Å². The van der Waals surface area contributed by atoms with E-state index in [-0.39, 0.29) is 17.5 Å². The predicted octanol–water partition coefficient (Wildman–Crippen LogP) is 2.51. The van der Waals surface area contributed by atoms with Crippen LogP contribution in [0.2, 0.25) is 0 Å². The molecule has 29 heavy (non-hydrogen) atoms. The summed E-state index contributed by atoms with van der Waals surface area (Å²) in [5.74, 6) is 1.29. The standard InChI is InChI=1S/C22H20N4O3/c27-20-13-18(14-5-8-23-9-6-14)24-21-17(2-1-10-26(20)21)25-22(28)16-3-4-19-15(12-16)7-11-29-19/h3-6,8-9,12-13,17H,1-2,7,10-11H2,(H,25,28). The van der Waals surface area contributed by atoms with Crippen molar-refractivity contribution in [2.24, 2.45) is 0 Å². The van der Waals surface area contributed by atoms with Crippen molar-refractivity contribution in [3.63, 3.8) is 0 Å². The lowest BCUT2D eigenvalue weighted by Gasteiger charge is -2.27. The maximum absolute atomic E-state index is 12.9. The van der Waals surface area contributed by atoms with Crippen LogP contribution in [-0.4, -0.2) is 27.0 Å². The zero-order valence-corrected chi connectivity index (χ0v) is 15.8. The molecule has 5 rings (SSSR count). The van der Waals surface area contributed by atoms with Crippen molar-refractivity contribution in [2.75, 3.05) is 6.61 Å². The van der Waals surface area contributed by atoms with Gasteiger partial charge < -0.3 is 10.1 Å². The SMILES string of the molecule is O=C(NC1CCCn2c1nc(-c1ccncc1)cc2=O)c1ccc2c(c1)CCO2. The summed E-state index contributed by atoms with van der Waals surface area (Å²) < 4.78 is 7.18. The summed E-state index contributed by atoms with van der Waals surface area (Å²) in [5.41, 5.74) is 2.97. The molecule has 1 amide bonds. The van der Waals surface area contributed by atoms with Crippen molar-refractivity contribution in [2.45, 2.75) is 31.8 Å². The minimum absolute atomic E-state index is 0.101. The van der Waals surface area contributed by atoms with E-state index in [2.05, 4.69) is 10.3 Å². The molecule has 1 unspecified atom stereocenters. The summed E-state index contributed by atoms with van der Waals surface area (Å²) in [6.07, 6.45) is 5.71. The molecule has 0 fully saturated rings. The van der Waals surface area contributed by atoms with Gasteiger partial charge in [0.05, 0.1) is 18.3 Å². The van der Waals surface area contributed by atoms with Gasteiger partial charge in [-0.3, -0.25) is 19.1 Å². The second-order valence-corrected chi connectivity index (χ2v) is 7.31. The van der Waals surface area contributed by atoms with Gasteiger partial charge in [-0.25, -0.2) is 4.98 Å².